The SMILES string of the molecule is O=C(CN(Cc1ccccc1)S(=O)(=O)c1ccccc1)N/N=C\c1cccnc1. The molecule has 0 aliphatic rings. The number of nitrogens with zero attached hydrogens (tertiary/aromatic N) is 3. The van der Waals surface area contributed by atoms with Gasteiger partial charge in [-0.3, -0.25) is 9.78 Å². The molecule has 0 bridgehead atoms. The van der Waals surface area contributed by atoms with E-state index in [1.807, 2.05) is 30.3 Å². The van der Waals surface area contributed by atoms with Gasteiger partial charge in [0.25, 0.3) is 5.91 Å². The van der Waals surface area contributed by atoms with E-state index >= 15 is 0 Å². The highest BCUT2D eigenvalue weighted by atomic mass is 32.2. The maximum absolute atomic E-state index is 13.1. The molecule has 0 spiro atoms. The molecule has 8 heteroatoms. The maximum atomic E-state index is 13.1. The van der Waals surface area contributed by atoms with E-state index in [0.29, 0.717) is 5.56 Å². The van der Waals surface area contributed by atoms with Gasteiger partial charge in [-0.2, -0.15) is 9.41 Å². The number of rotatable bonds is 8. The Hall–Kier alpha value is -3.36. The smallest absolute Gasteiger partial charge is 0.255 e. The number of nitrogens with one attached hydrogen (secondary N) is 1. The first-order valence-electron chi connectivity index (χ1n) is 8.87. The Labute approximate surface area is 169 Å². The topological polar surface area (TPSA) is 91.7 Å². The number of hydrogen-bond acceptors (Lipinski definition) is 5. The molecule has 0 aliphatic heterocycles. The lowest BCUT2D eigenvalue weighted by atomic mass is 10.2. The summed E-state index contributed by atoms with van der Waals surface area (Å²) in [7, 11) is -3.86. The second kappa shape index (κ2) is 9.72. The van der Waals surface area contributed by atoms with E-state index in [2.05, 4.69) is 15.5 Å². The first-order valence-corrected chi connectivity index (χ1v) is 10.3. The normalized spacial score (nSPS) is 11.6. The van der Waals surface area contributed by atoms with Crippen LogP contribution in [-0.4, -0.2) is 36.4 Å². The van der Waals surface area contributed by atoms with Crippen molar-refractivity contribution in [2.24, 2.45) is 5.10 Å². The third kappa shape index (κ3) is 5.81. The van der Waals surface area contributed by atoms with Crippen LogP contribution in [0.4, 0.5) is 0 Å². The van der Waals surface area contributed by atoms with Gasteiger partial charge in [0.2, 0.25) is 10.0 Å². The summed E-state index contributed by atoms with van der Waals surface area (Å²) in [6.45, 7) is -0.297. The number of sulfonamides is 1. The fourth-order valence-corrected chi connectivity index (χ4v) is 3.99. The number of carbonyl (C=O) groups is 1. The summed E-state index contributed by atoms with van der Waals surface area (Å²) >= 11 is 0. The molecule has 1 N–H and O–H groups in total. The minimum absolute atomic E-state index is 0.0673. The molecule has 0 saturated heterocycles. The minimum Gasteiger partial charge on any atom is -0.272 e. The Balaban J connectivity index is 1.76. The maximum Gasteiger partial charge on any atom is 0.255 e. The number of pyridine rings is 1. The van der Waals surface area contributed by atoms with Crippen LogP contribution in [0.3, 0.4) is 0 Å². The van der Waals surface area contributed by atoms with E-state index in [4.69, 9.17) is 0 Å². The van der Waals surface area contributed by atoms with Crippen molar-refractivity contribution in [3.05, 3.63) is 96.3 Å². The quantitative estimate of drug-likeness (QED) is 0.458. The van der Waals surface area contributed by atoms with E-state index in [-0.39, 0.29) is 18.0 Å². The van der Waals surface area contributed by atoms with E-state index < -0.39 is 15.9 Å². The van der Waals surface area contributed by atoms with Crippen LogP contribution in [0.2, 0.25) is 0 Å². The lowest BCUT2D eigenvalue weighted by Crippen LogP contribution is -2.39. The van der Waals surface area contributed by atoms with Crippen LogP contribution in [-0.2, 0) is 21.4 Å². The predicted molar refractivity (Wildman–Crippen MR) is 110 cm³/mol. The Morgan fingerprint density at radius 1 is 1.00 bits per heavy atom. The Kier molecular flexibility index (Phi) is 6.83. The van der Waals surface area contributed by atoms with Crippen LogP contribution < -0.4 is 5.43 Å². The van der Waals surface area contributed by atoms with Crippen molar-refractivity contribution in [3.63, 3.8) is 0 Å². The molecule has 7 nitrogen and oxygen atoms in total. The average Bonchev–Trinajstić information content (AvgIpc) is 2.75. The van der Waals surface area contributed by atoms with Gasteiger partial charge in [-0.05, 0) is 23.8 Å². The summed E-state index contributed by atoms with van der Waals surface area (Å²) in [6, 6.07) is 20.7. The van der Waals surface area contributed by atoms with Gasteiger partial charge in [0, 0.05) is 24.5 Å². The molecule has 0 radical (unpaired) electrons. The van der Waals surface area contributed by atoms with Crippen molar-refractivity contribution < 1.29 is 13.2 Å². The first-order chi connectivity index (χ1) is 14.1. The molecule has 29 heavy (non-hydrogen) atoms. The number of benzene rings is 2. The van der Waals surface area contributed by atoms with Crippen LogP contribution in [0.25, 0.3) is 0 Å². The van der Waals surface area contributed by atoms with Gasteiger partial charge in [0.1, 0.15) is 0 Å². The zero-order chi connectivity index (χ0) is 20.5. The Bertz CT molecular complexity index is 1060. The molecule has 1 amide bonds. The summed E-state index contributed by atoms with van der Waals surface area (Å²) in [5.41, 5.74) is 3.86. The number of carbonyl (C=O) groups excluding carboxylic acids is 1. The van der Waals surface area contributed by atoms with Crippen LogP contribution >= 0.6 is 0 Å². The molecule has 1 aromatic heterocycles. The summed E-state index contributed by atoms with van der Waals surface area (Å²) in [5, 5.41) is 3.87. The molecule has 3 aromatic rings. The van der Waals surface area contributed by atoms with Gasteiger partial charge in [0.15, 0.2) is 0 Å². The van der Waals surface area contributed by atoms with Gasteiger partial charge in [-0.15, -0.1) is 0 Å². The molecule has 148 valence electrons. The van der Waals surface area contributed by atoms with Crippen LogP contribution in [0, 0.1) is 0 Å². The van der Waals surface area contributed by atoms with Crippen molar-refractivity contribution in [2.75, 3.05) is 6.54 Å². The summed E-state index contributed by atoms with van der Waals surface area (Å²) in [5.74, 6) is -0.541. The molecule has 1 heterocycles. The van der Waals surface area contributed by atoms with Gasteiger partial charge in [-0.25, -0.2) is 13.8 Å². The van der Waals surface area contributed by atoms with Crippen LogP contribution in [0.15, 0.2) is 95.2 Å². The van der Waals surface area contributed by atoms with Crippen LogP contribution in [0.1, 0.15) is 11.1 Å². The predicted octanol–water partition coefficient (Wildman–Crippen LogP) is 2.42. The van der Waals surface area contributed by atoms with Crippen LogP contribution in [0.5, 0.6) is 0 Å². The highest BCUT2D eigenvalue weighted by Crippen LogP contribution is 2.18. The number of hydrogen-bond donors (Lipinski definition) is 1. The lowest BCUT2D eigenvalue weighted by Gasteiger charge is -2.21. The fourth-order valence-electron chi connectivity index (χ4n) is 2.58. The van der Waals surface area contributed by atoms with Gasteiger partial charge < -0.3 is 0 Å². The van der Waals surface area contributed by atoms with Crippen molar-refractivity contribution in [2.45, 2.75) is 11.4 Å². The number of aromatic nitrogens is 1. The van der Waals surface area contributed by atoms with Crippen molar-refractivity contribution in [1.29, 1.82) is 0 Å². The standard InChI is InChI=1S/C21H20N4O3S/c26-21(24-23-15-19-10-7-13-22-14-19)17-25(16-18-8-3-1-4-9-18)29(27,28)20-11-5-2-6-12-20/h1-15H,16-17H2,(H,24,26)/b23-15-. The second-order valence-corrected chi connectivity index (χ2v) is 8.09. The number of amides is 1. The summed E-state index contributed by atoms with van der Waals surface area (Å²) in [4.78, 5) is 16.4. The first kappa shape index (κ1) is 20.4. The molecule has 0 aliphatic carbocycles. The Morgan fingerprint density at radius 2 is 1.69 bits per heavy atom. The summed E-state index contributed by atoms with van der Waals surface area (Å²) in [6.07, 6.45) is 4.67. The van der Waals surface area contributed by atoms with Crippen molar-refractivity contribution >= 4 is 22.1 Å². The second-order valence-electron chi connectivity index (χ2n) is 6.15. The highest BCUT2D eigenvalue weighted by Gasteiger charge is 2.26. The largest absolute Gasteiger partial charge is 0.272 e. The molecular formula is C21H20N4O3S. The molecular weight excluding hydrogens is 388 g/mol. The van der Waals surface area contributed by atoms with Gasteiger partial charge in [-0.1, -0.05) is 54.6 Å². The third-order valence-corrected chi connectivity index (χ3v) is 5.80. The van der Waals surface area contributed by atoms with Crippen molar-refractivity contribution in [3.8, 4) is 0 Å². The fraction of sp³-hybridized carbons (Fsp3) is 0.0952. The summed E-state index contributed by atoms with van der Waals surface area (Å²) < 4.78 is 27.3. The molecule has 0 fully saturated rings. The Morgan fingerprint density at radius 3 is 2.34 bits per heavy atom. The van der Waals surface area contributed by atoms with Gasteiger partial charge >= 0.3 is 0 Å². The third-order valence-electron chi connectivity index (χ3n) is 3.99. The molecule has 0 atom stereocenters. The van der Waals surface area contributed by atoms with E-state index in [1.54, 1.807) is 42.7 Å². The lowest BCUT2D eigenvalue weighted by molar-refractivity contribution is -0.121. The van der Waals surface area contributed by atoms with E-state index in [9.17, 15) is 13.2 Å². The zero-order valence-electron chi connectivity index (χ0n) is 15.5. The monoisotopic (exact) mass is 408 g/mol. The number of hydrazone groups is 1. The highest BCUT2D eigenvalue weighted by molar-refractivity contribution is 7.89. The molecule has 2 aromatic carbocycles. The minimum atomic E-state index is -3.86. The average molecular weight is 408 g/mol. The van der Waals surface area contributed by atoms with Crippen molar-refractivity contribution in [1.82, 2.24) is 14.7 Å². The molecule has 0 saturated carbocycles. The van der Waals surface area contributed by atoms with E-state index in [0.717, 1.165) is 9.87 Å². The molecule has 3 rings (SSSR count). The van der Waals surface area contributed by atoms with E-state index in [1.165, 1.54) is 18.3 Å². The zero-order valence-corrected chi connectivity index (χ0v) is 16.4. The molecule has 0 unspecified atom stereocenters. The van der Waals surface area contributed by atoms with Gasteiger partial charge in [0.05, 0.1) is 17.7 Å².